The summed E-state index contributed by atoms with van der Waals surface area (Å²) < 4.78 is 0. The fourth-order valence-electron chi connectivity index (χ4n) is 1.64. The fourth-order valence-corrected chi connectivity index (χ4v) is 1.64. The quantitative estimate of drug-likeness (QED) is 0.472. The Balaban J connectivity index is 2.15. The van der Waals surface area contributed by atoms with E-state index < -0.39 is 5.97 Å². The first-order chi connectivity index (χ1) is 8.50. The van der Waals surface area contributed by atoms with Crippen LogP contribution in [0.4, 0.5) is 0 Å². The third-order valence-corrected chi connectivity index (χ3v) is 2.61. The van der Waals surface area contributed by atoms with Gasteiger partial charge in [0.2, 0.25) is 17.7 Å². The van der Waals surface area contributed by atoms with Gasteiger partial charge in [-0.15, -0.1) is 0 Å². The molecular formula is C11H16N2O5. The number of carbonyl (C=O) groups excluding carboxylic acids is 3. The lowest BCUT2D eigenvalue weighted by atomic mass is 10.3. The van der Waals surface area contributed by atoms with Gasteiger partial charge in [-0.05, 0) is 6.42 Å². The van der Waals surface area contributed by atoms with Crippen molar-refractivity contribution in [1.82, 2.24) is 10.2 Å². The van der Waals surface area contributed by atoms with Crippen molar-refractivity contribution in [1.29, 1.82) is 0 Å². The third kappa shape index (κ3) is 4.52. The summed E-state index contributed by atoms with van der Waals surface area (Å²) in [6.07, 6.45) is 0.870. The Morgan fingerprint density at radius 1 is 1.17 bits per heavy atom. The Morgan fingerprint density at radius 3 is 2.33 bits per heavy atom. The maximum atomic E-state index is 11.3. The lowest BCUT2D eigenvalue weighted by Gasteiger charge is -2.13. The number of carbonyl (C=O) groups is 4. The molecule has 3 amide bonds. The Hall–Kier alpha value is -1.92. The number of nitrogens with zero attached hydrogens (tertiary/aromatic N) is 1. The van der Waals surface area contributed by atoms with Crippen LogP contribution in [-0.2, 0) is 19.2 Å². The standard InChI is InChI=1S/C11H16N2O5/c14-8(12-6-1-2-11(17)18)5-7-13-9(15)3-4-10(13)16/h1-7H2,(H,12,14)(H,17,18). The Kier molecular flexibility index (Phi) is 5.29. The van der Waals surface area contributed by atoms with Crippen LogP contribution in [-0.4, -0.2) is 46.8 Å². The van der Waals surface area contributed by atoms with Crippen molar-refractivity contribution >= 4 is 23.7 Å². The molecule has 0 saturated carbocycles. The molecule has 1 fully saturated rings. The van der Waals surface area contributed by atoms with E-state index in [1.54, 1.807) is 0 Å². The number of rotatable bonds is 7. The Morgan fingerprint density at radius 2 is 1.78 bits per heavy atom. The average Bonchev–Trinajstić information content (AvgIpc) is 2.62. The van der Waals surface area contributed by atoms with Gasteiger partial charge in [-0.25, -0.2) is 0 Å². The van der Waals surface area contributed by atoms with E-state index in [1.165, 1.54) is 0 Å². The van der Waals surface area contributed by atoms with E-state index in [0.717, 1.165) is 4.90 Å². The number of carboxylic acids is 1. The van der Waals surface area contributed by atoms with Crippen molar-refractivity contribution in [3.63, 3.8) is 0 Å². The lowest BCUT2D eigenvalue weighted by molar-refractivity contribution is -0.139. The second-order valence-electron chi connectivity index (χ2n) is 4.04. The van der Waals surface area contributed by atoms with E-state index in [0.29, 0.717) is 6.42 Å². The Bertz CT molecular complexity index is 350. The van der Waals surface area contributed by atoms with Gasteiger partial charge in [0.05, 0.1) is 0 Å². The largest absolute Gasteiger partial charge is 0.481 e. The molecule has 1 rings (SSSR count). The highest BCUT2D eigenvalue weighted by molar-refractivity contribution is 6.02. The van der Waals surface area contributed by atoms with Crippen LogP contribution in [0.5, 0.6) is 0 Å². The molecule has 0 aromatic carbocycles. The predicted octanol–water partition coefficient (Wildman–Crippen LogP) is -0.493. The van der Waals surface area contributed by atoms with Crippen LogP contribution in [0.25, 0.3) is 0 Å². The van der Waals surface area contributed by atoms with E-state index in [1.807, 2.05) is 0 Å². The zero-order valence-corrected chi connectivity index (χ0v) is 9.98. The van der Waals surface area contributed by atoms with E-state index in [-0.39, 0.29) is 56.5 Å². The van der Waals surface area contributed by atoms with Gasteiger partial charge in [-0.1, -0.05) is 0 Å². The van der Waals surface area contributed by atoms with Crippen LogP contribution in [0.1, 0.15) is 32.1 Å². The second-order valence-corrected chi connectivity index (χ2v) is 4.04. The highest BCUT2D eigenvalue weighted by Gasteiger charge is 2.28. The molecule has 1 aliphatic rings. The van der Waals surface area contributed by atoms with E-state index >= 15 is 0 Å². The van der Waals surface area contributed by atoms with Gasteiger partial charge in [0.25, 0.3) is 0 Å². The van der Waals surface area contributed by atoms with Crippen LogP contribution in [0.3, 0.4) is 0 Å². The first-order valence-corrected chi connectivity index (χ1v) is 5.82. The van der Waals surface area contributed by atoms with Gasteiger partial charge < -0.3 is 10.4 Å². The summed E-state index contributed by atoms with van der Waals surface area (Å²) in [5.41, 5.74) is 0. The smallest absolute Gasteiger partial charge is 0.303 e. The molecule has 0 atom stereocenters. The molecule has 0 unspecified atom stereocenters. The van der Waals surface area contributed by atoms with Gasteiger partial charge in [-0.3, -0.25) is 24.1 Å². The zero-order chi connectivity index (χ0) is 13.5. The molecule has 0 bridgehead atoms. The van der Waals surface area contributed by atoms with Crippen LogP contribution in [0.15, 0.2) is 0 Å². The predicted molar refractivity (Wildman–Crippen MR) is 60.5 cm³/mol. The molecule has 0 spiro atoms. The molecule has 0 aliphatic carbocycles. The maximum Gasteiger partial charge on any atom is 0.303 e. The first kappa shape index (κ1) is 14.1. The molecule has 0 aromatic rings. The molecular weight excluding hydrogens is 240 g/mol. The van der Waals surface area contributed by atoms with Crippen molar-refractivity contribution in [2.24, 2.45) is 0 Å². The molecule has 0 aromatic heterocycles. The molecule has 7 heteroatoms. The number of hydrogen-bond acceptors (Lipinski definition) is 4. The van der Waals surface area contributed by atoms with Crippen molar-refractivity contribution in [3.05, 3.63) is 0 Å². The molecule has 18 heavy (non-hydrogen) atoms. The maximum absolute atomic E-state index is 11.3. The van der Waals surface area contributed by atoms with Gasteiger partial charge >= 0.3 is 5.97 Å². The zero-order valence-electron chi connectivity index (χ0n) is 9.98. The number of likely N-dealkylation sites (tertiary alicyclic amines) is 1. The summed E-state index contributed by atoms with van der Waals surface area (Å²) in [7, 11) is 0. The minimum absolute atomic E-state index is 0.00335. The van der Waals surface area contributed by atoms with Crippen molar-refractivity contribution < 1.29 is 24.3 Å². The number of imide groups is 1. The van der Waals surface area contributed by atoms with Crippen molar-refractivity contribution in [3.8, 4) is 0 Å². The monoisotopic (exact) mass is 256 g/mol. The second kappa shape index (κ2) is 6.73. The van der Waals surface area contributed by atoms with Crippen LogP contribution < -0.4 is 5.32 Å². The number of amides is 3. The summed E-state index contributed by atoms with van der Waals surface area (Å²) >= 11 is 0. The van der Waals surface area contributed by atoms with E-state index in [4.69, 9.17) is 5.11 Å². The van der Waals surface area contributed by atoms with Crippen molar-refractivity contribution in [2.75, 3.05) is 13.1 Å². The molecule has 100 valence electrons. The number of nitrogens with one attached hydrogen (secondary N) is 1. The van der Waals surface area contributed by atoms with Crippen molar-refractivity contribution in [2.45, 2.75) is 32.1 Å². The minimum atomic E-state index is -0.905. The number of aliphatic carboxylic acids is 1. The van der Waals surface area contributed by atoms with E-state index in [2.05, 4.69) is 5.32 Å². The molecule has 2 N–H and O–H groups in total. The highest BCUT2D eigenvalue weighted by Crippen LogP contribution is 2.11. The van der Waals surface area contributed by atoms with Crippen LogP contribution in [0, 0.1) is 0 Å². The topological polar surface area (TPSA) is 104 Å². The van der Waals surface area contributed by atoms with Crippen LogP contribution >= 0.6 is 0 Å². The van der Waals surface area contributed by atoms with E-state index in [9.17, 15) is 19.2 Å². The third-order valence-electron chi connectivity index (χ3n) is 2.61. The molecule has 7 nitrogen and oxygen atoms in total. The average molecular weight is 256 g/mol. The highest BCUT2D eigenvalue weighted by atomic mass is 16.4. The summed E-state index contributed by atoms with van der Waals surface area (Å²) in [4.78, 5) is 45.1. The normalized spacial score (nSPS) is 15.0. The minimum Gasteiger partial charge on any atom is -0.481 e. The number of hydrogen-bond donors (Lipinski definition) is 2. The van der Waals surface area contributed by atoms with Gasteiger partial charge in [-0.2, -0.15) is 0 Å². The summed E-state index contributed by atoms with van der Waals surface area (Å²) in [5, 5.41) is 10.9. The molecule has 1 saturated heterocycles. The summed E-state index contributed by atoms with van der Waals surface area (Å²) in [6, 6.07) is 0. The Labute approximate surface area is 104 Å². The SMILES string of the molecule is O=C(O)CCCNC(=O)CCN1C(=O)CCC1=O. The molecule has 1 aliphatic heterocycles. The first-order valence-electron chi connectivity index (χ1n) is 5.82. The molecule has 1 heterocycles. The van der Waals surface area contributed by atoms with Gasteiger partial charge in [0, 0.05) is 38.8 Å². The fraction of sp³-hybridized carbons (Fsp3) is 0.636. The molecule has 0 radical (unpaired) electrons. The summed E-state index contributed by atoms with van der Waals surface area (Å²) in [6.45, 7) is 0.384. The van der Waals surface area contributed by atoms with Gasteiger partial charge in [0.15, 0.2) is 0 Å². The van der Waals surface area contributed by atoms with Crippen LogP contribution in [0.2, 0.25) is 0 Å². The summed E-state index contributed by atoms with van der Waals surface area (Å²) in [5.74, 6) is -1.66. The lowest BCUT2D eigenvalue weighted by Crippen LogP contribution is -2.34. The van der Waals surface area contributed by atoms with Gasteiger partial charge in [0.1, 0.15) is 0 Å². The number of carboxylic acid groups (broad SMARTS) is 1.